The molecule has 0 spiro atoms. The van der Waals surface area contributed by atoms with Crippen molar-refractivity contribution in [1.82, 2.24) is 10.6 Å². The number of hydrogen-bond donors (Lipinski definition) is 2. The first-order chi connectivity index (χ1) is 8.77. The number of carbonyl (C=O) groups is 1. The summed E-state index contributed by atoms with van der Waals surface area (Å²) in [4.78, 5) is 12.0. The van der Waals surface area contributed by atoms with E-state index in [1.807, 2.05) is 20.8 Å². The van der Waals surface area contributed by atoms with Gasteiger partial charge >= 0.3 is 0 Å². The molecule has 0 radical (unpaired) electrons. The molecule has 2 N–H and O–H groups in total. The van der Waals surface area contributed by atoms with Crippen molar-refractivity contribution in [2.45, 2.75) is 46.7 Å². The van der Waals surface area contributed by atoms with E-state index >= 15 is 0 Å². The number of amides is 1. The quantitative estimate of drug-likeness (QED) is 0.859. The van der Waals surface area contributed by atoms with Crippen molar-refractivity contribution in [1.29, 1.82) is 0 Å². The molecule has 0 saturated heterocycles. The normalized spacial score (nSPS) is 11.5. The van der Waals surface area contributed by atoms with Crippen LogP contribution in [0.25, 0.3) is 0 Å². The van der Waals surface area contributed by atoms with Gasteiger partial charge in [-0.3, -0.25) is 4.79 Å². The Bertz CT molecular complexity index is 446. The molecule has 0 fully saturated rings. The molecular formula is C15H23FN2O. The Morgan fingerprint density at radius 3 is 2.26 bits per heavy atom. The lowest BCUT2D eigenvalue weighted by Crippen LogP contribution is -2.52. The Balaban J connectivity index is 2.70. The Kier molecular flexibility index (Phi) is 5.06. The van der Waals surface area contributed by atoms with Crippen LogP contribution in [0, 0.1) is 19.7 Å². The van der Waals surface area contributed by atoms with Crippen molar-refractivity contribution in [3.05, 3.63) is 34.6 Å². The third-order valence-corrected chi connectivity index (χ3v) is 3.14. The van der Waals surface area contributed by atoms with Crippen LogP contribution in [0.5, 0.6) is 0 Å². The van der Waals surface area contributed by atoms with Crippen LogP contribution in [0.4, 0.5) is 4.39 Å². The lowest BCUT2D eigenvalue weighted by Gasteiger charge is -2.24. The molecule has 106 valence electrons. The maximum Gasteiger partial charge on any atom is 0.239 e. The Labute approximate surface area is 114 Å². The monoisotopic (exact) mass is 266 g/mol. The van der Waals surface area contributed by atoms with E-state index in [0.29, 0.717) is 17.7 Å². The van der Waals surface area contributed by atoms with Crippen LogP contribution in [0.3, 0.4) is 0 Å². The van der Waals surface area contributed by atoms with Gasteiger partial charge in [0.2, 0.25) is 5.91 Å². The summed E-state index contributed by atoms with van der Waals surface area (Å²) in [6.45, 7) is 10.2. The average molecular weight is 266 g/mol. The summed E-state index contributed by atoms with van der Waals surface area (Å²) in [7, 11) is 0. The van der Waals surface area contributed by atoms with Crippen molar-refractivity contribution in [3.63, 3.8) is 0 Å². The second-order valence-corrected chi connectivity index (χ2v) is 5.38. The molecule has 4 heteroatoms. The molecule has 1 amide bonds. The van der Waals surface area contributed by atoms with E-state index < -0.39 is 5.54 Å². The van der Waals surface area contributed by atoms with Gasteiger partial charge in [-0.05, 0) is 50.9 Å². The summed E-state index contributed by atoms with van der Waals surface area (Å²) in [6, 6.07) is 3.53. The molecule has 0 aromatic heterocycles. The van der Waals surface area contributed by atoms with E-state index in [1.54, 1.807) is 26.0 Å². The van der Waals surface area contributed by atoms with E-state index in [9.17, 15) is 9.18 Å². The van der Waals surface area contributed by atoms with Crippen LogP contribution >= 0.6 is 0 Å². The van der Waals surface area contributed by atoms with Crippen molar-refractivity contribution in [2.24, 2.45) is 0 Å². The largest absolute Gasteiger partial charge is 0.350 e. The van der Waals surface area contributed by atoms with Gasteiger partial charge in [-0.2, -0.15) is 0 Å². The number of aryl methyl sites for hydroxylation is 2. The number of benzene rings is 1. The van der Waals surface area contributed by atoms with E-state index in [4.69, 9.17) is 0 Å². The predicted molar refractivity (Wildman–Crippen MR) is 75.5 cm³/mol. The van der Waals surface area contributed by atoms with Gasteiger partial charge in [0.25, 0.3) is 0 Å². The summed E-state index contributed by atoms with van der Waals surface area (Å²) < 4.78 is 13.5. The van der Waals surface area contributed by atoms with Crippen molar-refractivity contribution in [3.8, 4) is 0 Å². The van der Waals surface area contributed by atoms with Crippen molar-refractivity contribution in [2.75, 3.05) is 6.54 Å². The highest BCUT2D eigenvalue weighted by Crippen LogP contribution is 2.14. The SMILES string of the molecule is CCNC(C)(C)C(=O)NCc1cc(C)c(F)c(C)c1. The number of carbonyl (C=O) groups excluding carboxylic acids is 1. The molecule has 3 nitrogen and oxygen atoms in total. The smallest absolute Gasteiger partial charge is 0.239 e. The highest BCUT2D eigenvalue weighted by Gasteiger charge is 2.25. The van der Waals surface area contributed by atoms with Gasteiger partial charge in [0.15, 0.2) is 0 Å². The maximum absolute atomic E-state index is 13.5. The van der Waals surface area contributed by atoms with Gasteiger partial charge in [-0.1, -0.05) is 19.1 Å². The standard InChI is InChI=1S/C15H23FN2O/c1-6-18-15(4,5)14(19)17-9-12-7-10(2)13(16)11(3)8-12/h7-8,18H,6,9H2,1-5H3,(H,17,19). The van der Waals surface area contributed by atoms with E-state index in [2.05, 4.69) is 10.6 Å². The zero-order valence-electron chi connectivity index (χ0n) is 12.4. The predicted octanol–water partition coefficient (Wildman–Crippen LogP) is 2.45. The molecule has 1 rings (SSSR count). The van der Waals surface area contributed by atoms with Gasteiger partial charge in [0.1, 0.15) is 5.82 Å². The number of likely N-dealkylation sites (N-methyl/N-ethyl adjacent to an activating group) is 1. The maximum atomic E-state index is 13.5. The fourth-order valence-electron chi connectivity index (χ4n) is 2.06. The highest BCUT2D eigenvalue weighted by molar-refractivity contribution is 5.85. The first kappa shape index (κ1) is 15.6. The van der Waals surface area contributed by atoms with Gasteiger partial charge in [-0.15, -0.1) is 0 Å². The molecule has 0 aliphatic heterocycles. The lowest BCUT2D eigenvalue weighted by atomic mass is 10.0. The minimum absolute atomic E-state index is 0.0611. The van der Waals surface area contributed by atoms with Crippen LogP contribution in [0.2, 0.25) is 0 Å². The number of halogens is 1. The molecule has 0 unspecified atom stereocenters. The summed E-state index contributed by atoms with van der Waals surface area (Å²) in [5.41, 5.74) is 1.53. The fraction of sp³-hybridized carbons (Fsp3) is 0.533. The fourth-order valence-corrected chi connectivity index (χ4v) is 2.06. The minimum atomic E-state index is -0.598. The second kappa shape index (κ2) is 6.15. The molecule has 0 aliphatic rings. The third kappa shape index (κ3) is 4.03. The Morgan fingerprint density at radius 2 is 1.79 bits per heavy atom. The van der Waals surface area contributed by atoms with Crippen LogP contribution in [0.1, 0.15) is 37.5 Å². The van der Waals surface area contributed by atoms with Gasteiger partial charge < -0.3 is 10.6 Å². The van der Waals surface area contributed by atoms with Gasteiger partial charge in [-0.25, -0.2) is 4.39 Å². The molecule has 0 bridgehead atoms. The van der Waals surface area contributed by atoms with Crippen LogP contribution in [-0.2, 0) is 11.3 Å². The molecular weight excluding hydrogens is 243 g/mol. The molecule has 19 heavy (non-hydrogen) atoms. The molecule has 1 aromatic rings. The number of rotatable bonds is 5. The van der Waals surface area contributed by atoms with E-state index in [0.717, 1.165) is 12.1 Å². The average Bonchev–Trinajstić information content (AvgIpc) is 2.32. The zero-order chi connectivity index (χ0) is 14.6. The molecule has 0 aliphatic carbocycles. The van der Waals surface area contributed by atoms with Crippen molar-refractivity contribution < 1.29 is 9.18 Å². The minimum Gasteiger partial charge on any atom is -0.350 e. The Morgan fingerprint density at radius 1 is 1.26 bits per heavy atom. The van der Waals surface area contributed by atoms with Crippen LogP contribution < -0.4 is 10.6 Å². The van der Waals surface area contributed by atoms with Crippen LogP contribution in [-0.4, -0.2) is 18.0 Å². The third-order valence-electron chi connectivity index (χ3n) is 3.14. The topological polar surface area (TPSA) is 41.1 Å². The first-order valence-electron chi connectivity index (χ1n) is 6.57. The lowest BCUT2D eigenvalue weighted by molar-refractivity contribution is -0.126. The van der Waals surface area contributed by atoms with Gasteiger partial charge in [0, 0.05) is 6.54 Å². The molecule has 0 atom stereocenters. The van der Waals surface area contributed by atoms with Crippen LogP contribution in [0.15, 0.2) is 12.1 Å². The summed E-state index contributed by atoms with van der Waals surface area (Å²) in [5.74, 6) is -0.239. The van der Waals surface area contributed by atoms with E-state index in [-0.39, 0.29) is 11.7 Å². The molecule has 0 saturated carbocycles. The Hall–Kier alpha value is -1.42. The molecule has 0 heterocycles. The number of nitrogens with one attached hydrogen (secondary N) is 2. The summed E-state index contributed by atoms with van der Waals surface area (Å²) >= 11 is 0. The molecule has 1 aromatic carbocycles. The number of hydrogen-bond acceptors (Lipinski definition) is 2. The summed E-state index contributed by atoms with van der Waals surface area (Å²) in [6.07, 6.45) is 0. The first-order valence-corrected chi connectivity index (χ1v) is 6.57. The van der Waals surface area contributed by atoms with E-state index in [1.165, 1.54) is 0 Å². The summed E-state index contributed by atoms with van der Waals surface area (Å²) in [5, 5.41) is 5.99. The van der Waals surface area contributed by atoms with Crippen molar-refractivity contribution >= 4 is 5.91 Å². The van der Waals surface area contributed by atoms with Gasteiger partial charge in [0.05, 0.1) is 5.54 Å². The second-order valence-electron chi connectivity index (χ2n) is 5.38. The zero-order valence-corrected chi connectivity index (χ0v) is 12.4. The highest BCUT2D eigenvalue weighted by atomic mass is 19.1.